The molecule has 2 N–H and O–H groups in total. The van der Waals surface area contributed by atoms with Gasteiger partial charge in [0.25, 0.3) is 5.91 Å². The SMILES string of the molecule is CN1CCN(CCOc2ccc3c(c2)CN(C(=O)c2cc4c(CCC(F)(F)F)[nH]nc4cc2O)C3)CC1. The number of nitrogens with zero attached hydrogens (tertiary/aromatic N) is 4. The third-order valence-corrected chi connectivity index (χ3v) is 7.10. The molecule has 1 fully saturated rings. The van der Waals surface area contributed by atoms with Gasteiger partial charge in [0.1, 0.15) is 18.1 Å². The highest BCUT2D eigenvalue weighted by atomic mass is 19.4. The van der Waals surface area contributed by atoms with Crippen molar-refractivity contribution in [3.8, 4) is 11.5 Å². The number of amides is 1. The van der Waals surface area contributed by atoms with Crippen molar-refractivity contribution in [3.05, 3.63) is 52.7 Å². The molecular weight excluding hydrogens is 487 g/mol. The molecule has 0 aliphatic carbocycles. The first kappa shape index (κ1) is 25.3. The highest BCUT2D eigenvalue weighted by molar-refractivity contribution is 6.01. The number of hydrogen-bond acceptors (Lipinski definition) is 6. The number of H-pyrrole nitrogens is 1. The average molecular weight is 518 g/mol. The number of rotatable bonds is 7. The average Bonchev–Trinajstić information content (AvgIpc) is 3.46. The normalized spacial score (nSPS) is 16.9. The van der Waals surface area contributed by atoms with Gasteiger partial charge in [-0.15, -0.1) is 0 Å². The van der Waals surface area contributed by atoms with E-state index in [9.17, 15) is 23.1 Å². The number of ether oxygens (including phenoxy) is 1. The molecule has 2 aromatic carbocycles. The van der Waals surface area contributed by atoms with E-state index in [0.717, 1.165) is 49.6 Å². The van der Waals surface area contributed by atoms with Gasteiger partial charge in [-0.1, -0.05) is 6.07 Å². The van der Waals surface area contributed by atoms with E-state index < -0.39 is 18.5 Å². The summed E-state index contributed by atoms with van der Waals surface area (Å²) in [5.74, 6) is 0.102. The Labute approximate surface area is 212 Å². The van der Waals surface area contributed by atoms with Gasteiger partial charge in [-0.25, -0.2) is 0 Å². The minimum absolute atomic E-state index is 0.0404. The third-order valence-electron chi connectivity index (χ3n) is 7.10. The van der Waals surface area contributed by atoms with Crippen LogP contribution >= 0.6 is 0 Å². The summed E-state index contributed by atoms with van der Waals surface area (Å²) < 4.78 is 44.1. The number of halogens is 3. The predicted octanol–water partition coefficient (Wildman–Crippen LogP) is 3.55. The van der Waals surface area contributed by atoms with E-state index in [1.807, 2.05) is 18.2 Å². The molecule has 0 unspecified atom stereocenters. The van der Waals surface area contributed by atoms with Crippen LogP contribution in [0.25, 0.3) is 10.9 Å². The molecule has 1 amide bonds. The summed E-state index contributed by atoms with van der Waals surface area (Å²) in [6.45, 7) is 6.34. The molecule has 3 heterocycles. The van der Waals surface area contributed by atoms with Crippen molar-refractivity contribution in [3.63, 3.8) is 0 Å². The Balaban J connectivity index is 1.23. The summed E-state index contributed by atoms with van der Waals surface area (Å²) in [7, 11) is 2.12. The third kappa shape index (κ3) is 5.83. The number of carbonyl (C=O) groups is 1. The largest absolute Gasteiger partial charge is 0.507 e. The van der Waals surface area contributed by atoms with Crippen LogP contribution in [0.2, 0.25) is 0 Å². The minimum Gasteiger partial charge on any atom is -0.507 e. The Hall–Kier alpha value is -3.31. The number of nitrogens with one attached hydrogen (secondary N) is 1. The lowest BCUT2D eigenvalue weighted by atomic mass is 10.1. The standard InChI is InChI=1S/C26H30F3N5O3/c1-32-6-8-33(9-7-32)10-11-37-19-3-2-17-15-34(16-18(17)12-19)25(36)21-13-20-22(4-5-26(27,28)29)30-31-23(20)14-24(21)35/h2-3,12-14,35H,4-11,15-16H2,1H3,(H,30,31). The molecule has 0 atom stereocenters. The molecule has 2 aliphatic heterocycles. The van der Waals surface area contributed by atoms with Crippen LogP contribution in [0.15, 0.2) is 30.3 Å². The van der Waals surface area contributed by atoms with Gasteiger partial charge in [0.2, 0.25) is 0 Å². The molecule has 2 aliphatic rings. The molecule has 198 valence electrons. The summed E-state index contributed by atoms with van der Waals surface area (Å²) in [5.41, 5.74) is 2.60. The number of hydrogen-bond donors (Lipinski definition) is 2. The number of benzene rings is 2. The monoisotopic (exact) mass is 517 g/mol. The van der Waals surface area contributed by atoms with Crippen LogP contribution in [0.5, 0.6) is 11.5 Å². The number of aryl methyl sites for hydroxylation is 1. The number of aromatic amines is 1. The molecule has 0 radical (unpaired) electrons. The lowest BCUT2D eigenvalue weighted by Gasteiger charge is -2.32. The maximum atomic E-state index is 13.3. The van der Waals surface area contributed by atoms with Crippen LogP contribution in [0.4, 0.5) is 13.2 Å². The quantitative estimate of drug-likeness (QED) is 0.499. The minimum atomic E-state index is -4.30. The number of aromatic hydroxyl groups is 1. The molecule has 0 saturated carbocycles. The van der Waals surface area contributed by atoms with Crippen molar-refractivity contribution in [1.82, 2.24) is 24.9 Å². The summed E-state index contributed by atoms with van der Waals surface area (Å²) in [4.78, 5) is 19.6. The zero-order valence-electron chi connectivity index (χ0n) is 20.6. The van der Waals surface area contributed by atoms with Crippen LogP contribution in [-0.2, 0) is 19.5 Å². The van der Waals surface area contributed by atoms with Crippen molar-refractivity contribution < 1.29 is 27.8 Å². The van der Waals surface area contributed by atoms with Gasteiger partial charge in [0.15, 0.2) is 0 Å². The highest BCUT2D eigenvalue weighted by Gasteiger charge is 2.29. The van der Waals surface area contributed by atoms with Crippen molar-refractivity contribution in [1.29, 1.82) is 0 Å². The Morgan fingerprint density at radius 3 is 2.62 bits per heavy atom. The zero-order chi connectivity index (χ0) is 26.2. The first-order chi connectivity index (χ1) is 17.7. The van der Waals surface area contributed by atoms with Gasteiger partial charge in [-0.2, -0.15) is 18.3 Å². The fourth-order valence-corrected chi connectivity index (χ4v) is 4.87. The molecule has 0 bridgehead atoms. The van der Waals surface area contributed by atoms with E-state index in [4.69, 9.17) is 4.74 Å². The second-order valence-corrected chi connectivity index (χ2v) is 9.79. The molecule has 8 nitrogen and oxygen atoms in total. The van der Waals surface area contributed by atoms with Crippen LogP contribution in [0.3, 0.4) is 0 Å². The molecular formula is C26H30F3N5O3. The highest BCUT2D eigenvalue weighted by Crippen LogP contribution is 2.33. The van der Waals surface area contributed by atoms with E-state index in [0.29, 0.717) is 30.6 Å². The van der Waals surface area contributed by atoms with Crippen LogP contribution in [0.1, 0.15) is 33.6 Å². The molecule has 3 aromatic rings. The second kappa shape index (κ2) is 10.2. The summed E-state index contributed by atoms with van der Waals surface area (Å²) in [5, 5.41) is 17.5. The van der Waals surface area contributed by atoms with E-state index >= 15 is 0 Å². The van der Waals surface area contributed by atoms with Gasteiger partial charge < -0.3 is 19.6 Å². The molecule has 37 heavy (non-hydrogen) atoms. The fourth-order valence-electron chi connectivity index (χ4n) is 4.87. The molecule has 0 spiro atoms. The number of alkyl halides is 3. The number of phenolic OH excluding ortho intramolecular Hbond substituents is 1. The van der Waals surface area contributed by atoms with E-state index in [1.165, 1.54) is 12.1 Å². The first-order valence-corrected chi connectivity index (χ1v) is 12.4. The number of likely N-dealkylation sites (N-methyl/N-ethyl adjacent to an activating group) is 1. The van der Waals surface area contributed by atoms with Gasteiger partial charge in [-0.3, -0.25) is 14.8 Å². The first-order valence-electron chi connectivity index (χ1n) is 12.4. The van der Waals surface area contributed by atoms with E-state index in [-0.39, 0.29) is 23.4 Å². The van der Waals surface area contributed by atoms with Gasteiger partial charge in [0.05, 0.1) is 11.1 Å². The Bertz CT molecular complexity index is 1280. The van der Waals surface area contributed by atoms with Crippen molar-refractivity contribution >= 4 is 16.8 Å². The Morgan fingerprint density at radius 1 is 1.11 bits per heavy atom. The Morgan fingerprint density at radius 2 is 1.86 bits per heavy atom. The van der Waals surface area contributed by atoms with E-state index in [2.05, 4.69) is 27.0 Å². The van der Waals surface area contributed by atoms with Gasteiger partial charge >= 0.3 is 6.18 Å². The topological polar surface area (TPSA) is 84.9 Å². The Kier molecular flexibility index (Phi) is 7.00. The lowest BCUT2D eigenvalue weighted by Crippen LogP contribution is -2.45. The smallest absolute Gasteiger partial charge is 0.389 e. The maximum Gasteiger partial charge on any atom is 0.389 e. The van der Waals surface area contributed by atoms with Crippen molar-refractivity contribution in [2.45, 2.75) is 32.1 Å². The van der Waals surface area contributed by atoms with Gasteiger partial charge in [-0.05, 0) is 42.8 Å². The predicted molar refractivity (Wildman–Crippen MR) is 132 cm³/mol. The number of aromatic nitrogens is 2. The lowest BCUT2D eigenvalue weighted by molar-refractivity contribution is -0.134. The number of phenols is 1. The van der Waals surface area contributed by atoms with E-state index in [1.54, 1.807) is 4.90 Å². The maximum absolute atomic E-state index is 13.3. The molecule has 5 rings (SSSR count). The molecule has 1 saturated heterocycles. The van der Waals surface area contributed by atoms with Crippen molar-refractivity contribution in [2.24, 2.45) is 0 Å². The fraction of sp³-hybridized carbons (Fsp3) is 0.462. The zero-order valence-corrected chi connectivity index (χ0v) is 20.6. The van der Waals surface area contributed by atoms with Crippen LogP contribution in [-0.4, -0.2) is 88.5 Å². The summed E-state index contributed by atoms with van der Waals surface area (Å²) >= 11 is 0. The van der Waals surface area contributed by atoms with Gasteiger partial charge in [0, 0.05) is 69.4 Å². The molecule has 1 aromatic heterocycles. The number of fused-ring (bicyclic) bond motifs is 2. The summed E-state index contributed by atoms with van der Waals surface area (Å²) in [6, 6.07) is 8.53. The van der Waals surface area contributed by atoms with Crippen LogP contribution in [0, 0.1) is 0 Å². The van der Waals surface area contributed by atoms with Crippen LogP contribution < -0.4 is 4.74 Å². The second-order valence-electron chi connectivity index (χ2n) is 9.79. The number of carbonyl (C=O) groups excluding carboxylic acids is 1. The molecule has 11 heteroatoms. The summed E-state index contributed by atoms with van der Waals surface area (Å²) in [6.07, 6.45) is -5.59. The number of piperazine rings is 1. The van der Waals surface area contributed by atoms with Crippen molar-refractivity contribution in [2.75, 3.05) is 46.4 Å².